The van der Waals surface area contributed by atoms with Crippen LogP contribution < -0.4 is 10.6 Å². The third-order valence-electron chi connectivity index (χ3n) is 6.98. The highest BCUT2D eigenvalue weighted by Gasteiger charge is 2.61. The Labute approximate surface area is 164 Å². The van der Waals surface area contributed by atoms with E-state index < -0.39 is 0 Å². The van der Waals surface area contributed by atoms with E-state index in [4.69, 9.17) is 0 Å². The minimum absolute atomic E-state index is 0.0199. The molecule has 4 saturated carbocycles. The Bertz CT molecular complexity index is 728. The lowest BCUT2D eigenvalue weighted by molar-refractivity contribution is -0.148. The molecule has 0 radical (unpaired) electrons. The molecule has 4 bridgehead atoms. The number of rotatable bonds is 6. The third kappa shape index (κ3) is 3.39. The summed E-state index contributed by atoms with van der Waals surface area (Å²) in [6.45, 7) is 5.90. The minimum Gasteiger partial charge on any atom is -0.351 e. The Kier molecular flexibility index (Phi) is 4.77. The maximum atomic E-state index is 13.3. The quantitative estimate of drug-likeness (QED) is 0.773. The van der Waals surface area contributed by atoms with Crippen molar-refractivity contribution in [2.45, 2.75) is 83.6 Å². The van der Waals surface area contributed by atoms with Gasteiger partial charge in [0.1, 0.15) is 5.01 Å². The molecule has 7 heteroatoms. The number of hydrogen-bond donors (Lipinski definition) is 2. The molecule has 1 aromatic rings. The second kappa shape index (κ2) is 6.83. The molecule has 1 heterocycles. The van der Waals surface area contributed by atoms with Crippen LogP contribution in [0.5, 0.6) is 0 Å². The number of nitrogens with one attached hydrogen (secondary N) is 2. The summed E-state index contributed by atoms with van der Waals surface area (Å²) >= 11 is 1.51. The van der Waals surface area contributed by atoms with Gasteiger partial charge >= 0.3 is 0 Å². The first-order chi connectivity index (χ1) is 12.9. The number of amides is 2. The first-order valence-electron chi connectivity index (χ1n) is 10.3. The van der Waals surface area contributed by atoms with E-state index in [-0.39, 0.29) is 22.8 Å². The summed E-state index contributed by atoms with van der Waals surface area (Å²) < 4.78 is 0. The third-order valence-corrected chi connectivity index (χ3v) is 7.98. The van der Waals surface area contributed by atoms with Crippen molar-refractivity contribution >= 4 is 28.3 Å². The molecule has 4 aliphatic rings. The zero-order valence-corrected chi connectivity index (χ0v) is 17.3. The van der Waals surface area contributed by atoms with Crippen LogP contribution in [0.4, 0.5) is 5.13 Å². The van der Waals surface area contributed by atoms with E-state index in [0.29, 0.717) is 22.9 Å². The summed E-state index contributed by atoms with van der Waals surface area (Å²) in [5.74, 6) is 1.59. The van der Waals surface area contributed by atoms with Crippen molar-refractivity contribution in [3.8, 4) is 0 Å². The first kappa shape index (κ1) is 18.8. The van der Waals surface area contributed by atoms with Crippen molar-refractivity contribution in [3.63, 3.8) is 0 Å². The van der Waals surface area contributed by atoms with E-state index in [2.05, 4.69) is 34.7 Å². The van der Waals surface area contributed by atoms with E-state index >= 15 is 0 Å². The van der Waals surface area contributed by atoms with Gasteiger partial charge in [-0.05, 0) is 63.2 Å². The highest BCUT2D eigenvalue weighted by molar-refractivity contribution is 7.15. The predicted molar refractivity (Wildman–Crippen MR) is 106 cm³/mol. The minimum atomic E-state index is -0.368. The van der Waals surface area contributed by atoms with E-state index in [1.165, 1.54) is 17.8 Å². The molecule has 148 valence electrons. The lowest BCUT2D eigenvalue weighted by atomic mass is 9.46. The molecule has 2 N–H and O–H groups in total. The Morgan fingerprint density at radius 3 is 2.41 bits per heavy atom. The van der Waals surface area contributed by atoms with Crippen LogP contribution >= 0.6 is 11.3 Å². The number of aromatic nitrogens is 2. The van der Waals surface area contributed by atoms with E-state index in [1.807, 2.05) is 0 Å². The molecule has 2 unspecified atom stereocenters. The van der Waals surface area contributed by atoms with Gasteiger partial charge in [-0.3, -0.25) is 9.59 Å². The summed E-state index contributed by atoms with van der Waals surface area (Å²) in [6, 6.07) is 0. The molecule has 4 aliphatic carbocycles. The Morgan fingerprint density at radius 1 is 1.15 bits per heavy atom. The second-order valence-corrected chi connectivity index (χ2v) is 10.1. The summed E-state index contributed by atoms with van der Waals surface area (Å²) in [5.41, 5.74) is -0.553. The van der Waals surface area contributed by atoms with Gasteiger partial charge in [-0.25, -0.2) is 0 Å². The monoisotopic (exact) mass is 390 g/mol. The predicted octanol–water partition coefficient (Wildman–Crippen LogP) is 3.86. The average Bonchev–Trinajstić information content (AvgIpc) is 3.02. The lowest BCUT2D eigenvalue weighted by Crippen LogP contribution is -2.65. The largest absolute Gasteiger partial charge is 0.351 e. The highest BCUT2D eigenvalue weighted by atomic mass is 32.1. The van der Waals surface area contributed by atoms with Crippen LogP contribution in [0.15, 0.2) is 0 Å². The van der Waals surface area contributed by atoms with Crippen LogP contribution in [0, 0.1) is 17.3 Å². The average molecular weight is 391 g/mol. The maximum Gasteiger partial charge on any atom is 0.232 e. The Morgan fingerprint density at radius 2 is 1.81 bits per heavy atom. The Balaban J connectivity index is 1.52. The molecule has 4 fully saturated rings. The zero-order chi connectivity index (χ0) is 19.2. The van der Waals surface area contributed by atoms with Crippen molar-refractivity contribution in [2.75, 3.05) is 5.32 Å². The topological polar surface area (TPSA) is 84.0 Å². The van der Waals surface area contributed by atoms with Crippen LogP contribution in [0.2, 0.25) is 0 Å². The van der Waals surface area contributed by atoms with E-state index in [9.17, 15) is 9.59 Å². The van der Waals surface area contributed by atoms with Gasteiger partial charge < -0.3 is 10.6 Å². The number of carbonyl (C=O) groups excluding carboxylic acids is 2. The standard InChI is InChI=1S/C20H30N4O2S/c1-4-15(5-2)16-23-24-18(27-16)21-17(26)19-7-13-6-14(8-19)10-20(9-13,11-19)22-12(3)25/h13-15H,4-11H2,1-3H3,(H,22,25)(H,21,24,26)/t13-,14+,19?,20?. The Hall–Kier alpha value is -1.50. The van der Waals surface area contributed by atoms with Gasteiger partial charge in [-0.15, -0.1) is 10.2 Å². The van der Waals surface area contributed by atoms with Gasteiger partial charge in [-0.1, -0.05) is 25.2 Å². The molecular weight excluding hydrogens is 360 g/mol. The van der Waals surface area contributed by atoms with E-state index in [0.717, 1.165) is 50.0 Å². The van der Waals surface area contributed by atoms with Crippen LogP contribution in [0.1, 0.15) is 83.1 Å². The molecular formula is C20H30N4O2S. The summed E-state index contributed by atoms with van der Waals surface area (Å²) in [6.07, 6.45) is 7.96. The zero-order valence-electron chi connectivity index (χ0n) is 16.5. The van der Waals surface area contributed by atoms with Gasteiger partial charge in [0.2, 0.25) is 16.9 Å². The van der Waals surface area contributed by atoms with Crippen molar-refractivity contribution in [1.29, 1.82) is 0 Å². The molecule has 5 rings (SSSR count). The summed E-state index contributed by atoms with van der Waals surface area (Å²) in [7, 11) is 0. The van der Waals surface area contributed by atoms with Gasteiger partial charge in [0, 0.05) is 18.4 Å². The molecule has 27 heavy (non-hydrogen) atoms. The summed E-state index contributed by atoms with van der Waals surface area (Å²) in [4.78, 5) is 25.1. The SMILES string of the molecule is CCC(CC)c1nnc(NC(=O)C23C[C@@H]4C[C@@H](CC(NC(C)=O)(C4)C2)C3)s1. The molecule has 0 aliphatic heterocycles. The second-order valence-electron chi connectivity index (χ2n) is 9.12. The first-order valence-corrected chi connectivity index (χ1v) is 11.1. The normalized spacial score (nSPS) is 34.1. The molecule has 0 saturated heterocycles. The summed E-state index contributed by atoms with van der Waals surface area (Å²) in [5, 5.41) is 16.5. The lowest BCUT2D eigenvalue weighted by Gasteiger charge is -2.61. The number of hydrogen-bond acceptors (Lipinski definition) is 5. The maximum absolute atomic E-state index is 13.3. The molecule has 1 aromatic heterocycles. The van der Waals surface area contributed by atoms with Crippen molar-refractivity contribution < 1.29 is 9.59 Å². The molecule has 0 aromatic carbocycles. The van der Waals surface area contributed by atoms with Crippen molar-refractivity contribution in [3.05, 3.63) is 5.01 Å². The van der Waals surface area contributed by atoms with Gasteiger partial charge in [0.15, 0.2) is 0 Å². The smallest absolute Gasteiger partial charge is 0.232 e. The number of anilines is 1. The molecule has 4 atom stereocenters. The number of carbonyl (C=O) groups is 2. The van der Waals surface area contributed by atoms with Crippen LogP contribution in [0.3, 0.4) is 0 Å². The van der Waals surface area contributed by atoms with Crippen molar-refractivity contribution in [2.24, 2.45) is 17.3 Å². The molecule has 6 nitrogen and oxygen atoms in total. The molecule has 2 amide bonds. The van der Waals surface area contributed by atoms with Crippen molar-refractivity contribution in [1.82, 2.24) is 15.5 Å². The highest BCUT2D eigenvalue weighted by Crippen LogP contribution is 2.61. The van der Waals surface area contributed by atoms with Gasteiger partial charge in [0.05, 0.1) is 5.41 Å². The fourth-order valence-electron chi connectivity index (χ4n) is 6.37. The fourth-order valence-corrected chi connectivity index (χ4v) is 7.37. The number of nitrogens with zero attached hydrogens (tertiary/aromatic N) is 2. The fraction of sp³-hybridized carbons (Fsp3) is 0.800. The van der Waals surface area contributed by atoms with Gasteiger partial charge in [-0.2, -0.15) is 0 Å². The van der Waals surface area contributed by atoms with Crippen LogP contribution in [-0.4, -0.2) is 27.6 Å². The van der Waals surface area contributed by atoms with Crippen LogP contribution in [0.25, 0.3) is 0 Å². The molecule has 0 spiro atoms. The van der Waals surface area contributed by atoms with E-state index in [1.54, 1.807) is 6.92 Å². The van der Waals surface area contributed by atoms with Crippen LogP contribution in [-0.2, 0) is 9.59 Å². The van der Waals surface area contributed by atoms with Gasteiger partial charge in [0.25, 0.3) is 0 Å².